The average Bonchev–Trinajstić information content (AvgIpc) is 2.02. The van der Waals surface area contributed by atoms with Crippen LogP contribution in [0.2, 0.25) is 0 Å². The summed E-state index contributed by atoms with van der Waals surface area (Å²) in [5.41, 5.74) is 4.55. The van der Waals surface area contributed by atoms with Gasteiger partial charge in [0.2, 0.25) is 5.91 Å². The maximum Gasteiger partial charge on any atom is 0.321 e. The van der Waals surface area contributed by atoms with E-state index in [4.69, 9.17) is 5.73 Å². The molecule has 15 heavy (non-hydrogen) atoms. The van der Waals surface area contributed by atoms with Crippen LogP contribution in [0.25, 0.3) is 0 Å². The minimum Gasteiger partial charge on any atom is -0.351 e. The molecule has 1 saturated heterocycles. The summed E-state index contributed by atoms with van der Waals surface area (Å²) in [7, 11) is 0. The lowest BCUT2D eigenvalue weighted by Crippen LogP contribution is -2.54. The van der Waals surface area contributed by atoms with Crippen molar-refractivity contribution in [3.63, 3.8) is 0 Å². The predicted molar refractivity (Wildman–Crippen MR) is 57.2 cm³/mol. The standard InChI is InChI=1S/C10H19N3O2/c1-9(2)5-7(14)13(8(11)15)6-10(3,4)12-9/h12H,5-6H2,1-4H3,(H2,11,15). The van der Waals surface area contributed by atoms with E-state index in [1.807, 2.05) is 27.7 Å². The molecule has 0 aromatic rings. The van der Waals surface area contributed by atoms with Gasteiger partial charge in [0.1, 0.15) is 0 Å². The van der Waals surface area contributed by atoms with Gasteiger partial charge in [-0.05, 0) is 27.7 Å². The number of amides is 3. The van der Waals surface area contributed by atoms with Gasteiger partial charge in [-0.25, -0.2) is 4.79 Å². The number of hydrogen-bond acceptors (Lipinski definition) is 3. The Morgan fingerprint density at radius 2 is 1.87 bits per heavy atom. The zero-order valence-electron chi connectivity index (χ0n) is 9.76. The molecule has 86 valence electrons. The molecule has 0 aromatic heterocycles. The number of nitrogens with one attached hydrogen (secondary N) is 1. The first-order valence-corrected chi connectivity index (χ1v) is 5.02. The second-order valence-electron chi connectivity index (χ2n) is 5.39. The third kappa shape index (κ3) is 2.92. The first-order chi connectivity index (χ1) is 6.63. The van der Waals surface area contributed by atoms with E-state index in [1.54, 1.807) is 0 Å². The van der Waals surface area contributed by atoms with Crippen molar-refractivity contribution in [1.29, 1.82) is 0 Å². The number of nitrogens with two attached hydrogens (primary N) is 1. The smallest absolute Gasteiger partial charge is 0.321 e. The fourth-order valence-corrected chi connectivity index (χ4v) is 2.16. The average molecular weight is 213 g/mol. The molecule has 1 fully saturated rings. The molecule has 3 amide bonds. The van der Waals surface area contributed by atoms with E-state index in [0.717, 1.165) is 4.90 Å². The fourth-order valence-electron chi connectivity index (χ4n) is 2.16. The van der Waals surface area contributed by atoms with E-state index in [9.17, 15) is 9.59 Å². The first kappa shape index (κ1) is 12.0. The minimum atomic E-state index is -0.674. The Hall–Kier alpha value is -1.10. The van der Waals surface area contributed by atoms with Gasteiger partial charge in [0.05, 0.1) is 0 Å². The molecule has 1 aliphatic heterocycles. The molecule has 5 nitrogen and oxygen atoms in total. The zero-order valence-corrected chi connectivity index (χ0v) is 9.76. The van der Waals surface area contributed by atoms with Gasteiger partial charge in [0.25, 0.3) is 0 Å². The SMILES string of the molecule is CC1(C)CC(=O)N(C(N)=O)CC(C)(C)N1. The monoisotopic (exact) mass is 213 g/mol. The van der Waals surface area contributed by atoms with Crippen LogP contribution in [0.15, 0.2) is 0 Å². The van der Waals surface area contributed by atoms with Crippen molar-refractivity contribution in [3.8, 4) is 0 Å². The summed E-state index contributed by atoms with van der Waals surface area (Å²) in [5.74, 6) is -0.217. The molecule has 0 aromatic carbocycles. The molecule has 0 unspecified atom stereocenters. The number of carbonyl (C=O) groups excluding carboxylic acids is 2. The summed E-state index contributed by atoms with van der Waals surface area (Å²) >= 11 is 0. The minimum absolute atomic E-state index is 0.217. The molecule has 0 atom stereocenters. The lowest BCUT2D eigenvalue weighted by Gasteiger charge is -2.33. The molecule has 0 bridgehead atoms. The molecule has 1 aliphatic rings. The Labute approximate surface area is 90.0 Å². The number of primary amides is 1. The van der Waals surface area contributed by atoms with E-state index < -0.39 is 6.03 Å². The topological polar surface area (TPSA) is 75.4 Å². The van der Waals surface area contributed by atoms with Crippen LogP contribution in [-0.2, 0) is 4.79 Å². The van der Waals surface area contributed by atoms with Crippen molar-refractivity contribution in [2.24, 2.45) is 5.73 Å². The molecule has 5 heteroatoms. The van der Waals surface area contributed by atoms with Gasteiger partial charge in [0, 0.05) is 24.0 Å². The Kier molecular flexibility index (Phi) is 2.78. The largest absolute Gasteiger partial charge is 0.351 e. The molecular formula is C10H19N3O2. The Bertz CT molecular complexity index is 297. The van der Waals surface area contributed by atoms with Crippen molar-refractivity contribution >= 4 is 11.9 Å². The van der Waals surface area contributed by atoms with Crippen LogP contribution in [0.4, 0.5) is 4.79 Å². The van der Waals surface area contributed by atoms with Crippen LogP contribution in [0.1, 0.15) is 34.1 Å². The van der Waals surface area contributed by atoms with Crippen LogP contribution in [-0.4, -0.2) is 34.5 Å². The van der Waals surface area contributed by atoms with Crippen LogP contribution in [0, 0.1) is 0 Å². The quantitative estimate of drug-likeness (QED) is 0.613. The van der Waals surface area contributed by atoms with Gasteiger partial charge in [-0.2, -0.15) is 0 Å². The Balaban J connectivity index is 2.99. The summed E-state index contributed by atoms with van der Waals surface area (Å²) in [6, 6.07) is -0.674. The molecule has 1 rings (SSSR count). The number of nitrogens with zero attached hydrogens (tertiary/aromatic N) is 1. The zero-order chi connectivity index (χ0) is 11.9. The van der Waals surface area contributed by atoms with Gasteiger partial charge < -0.3 is 11.1 Å². The lowest BCUT2D eigenvalue weighted by molar-refractivity contribution is -0.128. The number of imide groups is 1. The van der Waals surface area contributed by atoms with E-state index in [2.05, 4.69) is 5.32 Å². The van der Waals surface area contributed by atoms with Crippen molar-refractivity contribution in [3.05, 3.63) is 0 Å². The Morgan fingerprint density at radius 1 is 1.33 bits per heavy atom. The number of carbonyl (C=O) groups is 2. The molecular weight excluding hydrogens is 194 g/mol. The van der Waals surface area contributed by atoms with Gasteiger partial charge in [-0.15, -0.1) is 0 Å². The first-order valence-electron chi connectivity index (χ1n) is 5.02. The summed E-state index contributed by atoms with van der Waals surface area (Å²) in [6.07, 6.45) is 0.277. The maximum absolute atomic E-state index is 11.7. The van der Waals surface area contributed by atoms with Gasteiger partial charge in [-0.1, -0.05) is 0 Å². The molecule has 1 heterocycles. The van der Waals surface area contributed by atoms with Crippen molar-refractivity contribution in [1.82, 2.24) is 10.2 Å². The highest BCUT2D eigenvalue weighted by Gasteiger charge is 2.38. The molecule has 0 radical (unpaired) electrons. The van der Waals surface area contributed by atoms with Gasteiger partial charge >= 0.3 is 6.03 Å². The molecule has 0 saturated carbocycles. The van der Waals surface area contributed by atoms with Crippen molar-refractivity contribution in [2.75, 3.05) is 6.54 Å². The van der Waals surface area contributed by atoms with Crippen LogP contribution in [0.5, 0.6) is 0 Å². The van der Waals surface area contributed by atoms with E-state index in [1.165, 1.54) is 0 Å². The second kappa shape index (κ2) is 3.48. The molecule has 0 spiro atoms. The van der Waals surface area contributed by atoms with Gasteiger partial charge in [0.15, 0.2) is 0 Å². The third-order valence-corrected chi connectivity index (χ3v) is 2.39. The second-order valence-corrected chi connectivity index (χ2v) is 5.39. The van der Waals surface area contributed by atoms with Crippen molar-refractivity contribution < 1.29 is 9.59 Å². The van der Waals surface area contributed by atoms with Crippen LogP contribution >= 0.6 is 0 Å². The third-order valence-electron chi connectivity index (χ3n) is 2.39. The normalized spacial score (nSPS) is 24.8. The van der Waals surface area contributed by atoms with E-state index in [0.29, 0.717) is 6.54 Å². The predicted octanol–water partition coefficient (Wildman–Crippen LogP) is 0.444. The Morgan fingerprint density at radius 3 is 2.33 bits per heavy atom. The maximum atomic E-state index is 11.7. The summed E-state index contributed by atoms with van der Waals surface area (Å²) in [6.45, 7) is 8.09. The van der Waals surface area contributed by atoms with Crippen molar-refractivity contribution in [2.45, 2.75) is 45.2 Å². The summed E-state index contributed by atoms with van der Waals surface area (Å²) in [5, 5.41) is 3.34. The van der Waals surface area contributed by atoms with Gasteiger partial charge in [-0.3, -0.25) is 9.69 Å². The van der Waals surface area contributed by atoms with E-state index in [-0.39, 0.29) is 23.4 Å². The summed E-state index contributed by atoms with van der Waals surface area (Å²) < 4.78 is 0. The highest BCUT2D eigenvalue weighted by atomic mass is 16.2. The molecule has 0 aliphatic carbocycles. The van der Waals surface area contributed by atoms with E-state index >= 15 is 0 Å². The number of rotatable bonds is 0. The van der Waals surface area contributed by atoms with Crippen LogP contribution < -0.4 is 11.1 Å². The lowest BCUT2D eigenvalue weighted by atomic mass is 9.96. The summed E-state index contributed by atoms with van der Waals surface area (Å²) in [4.78, 5) is 24.0. The van der Waals surface area contributed by atoms with Crippen LogP contribution in [0.3, 0.4) is 0 Å². The molecule has 3 N–H and O–H groups in total. The highest BCUT2D eigenvalue weighted by Crippen LogP contribution is 2.21. The number of hydrogen-bond donors (Lipinski definition) is 2. The highest BCUT2D eigenvalue weighted by molar-refractivity contribution is 5.94. The number of urea groups is 1. The fraction of sp³-hybridized carbons (Fsp3) is 0.800.